The van der Waals surface area contributed by atoms with Crippen molar-refractivity contribution in [3.05, 3.63) is 212 Å². The van der Waals surface area contributed by atoms with Gasteiger partial charge in [0.25, 0.3) is 0 Å². The lowest BCUT2D eigenvalue weighted by Gasteiger charge is -2.28. The molecule has 2 heteroatoms. The van der Waals surface area contributed by atoms with Crippen LogP contribution in [0.5, 0.6) is 0 Å². The van der Waals surface area contributed by atoms with Gasteiger partial charge in [-0.2, -0.15) is 0 Å². The number of rotatable bonds is 6. The fraction of sp³-hybridized carbons (Fsp3) is 0. The van der Waals surface area contributed by atoms with Gasteiger partial charge < -0.3 is 4.90 Å². The number of fused-ring (bicyclic) bond motifs is 6. The summed E-state index contributed by atoms with van der Waals surface area (Å²) in [7, 11) is 0. The highest BCUT2D eigenvalue weighted by atomic mass is 32.1. The molecule has 0 fully saturated rings. The van der Waals surface area contributed by atoms with Crippen molar-refractivity contribution in [2.24, 2.45) is 0 Å². The van der Waals surface area contributed by atoms with Gasteiger partial charge in [-0.05, 0) is 90.6 Å². The lowest BCUT2D eigenvalue weighted by Crippen LogP contribution is -2.11. The van der Waals surface area contributed by atoms with E-state index in [0.717, 1.165) is 11.4 Å². The van der Waals surface area contributed by atoms with E-state index in [1.807, 2.05) is 11.3 Å². The first kappa shape index (κ1) is 32.4. The highest BCUT2D eigenvalue weighted by molar-refractivity contribution is 7.26. The van der Waals surface area contributed by atoms with Gasteiger partial charge in [-0.3, -0.25) is 0 Å². The zero-order valence-electron chi connectivity index (χ0n) is 30.6. The lowest BCUT2D eigenvalue weighted by molar-refractivity contribution is 1.32. The number of anilines is 3. The SMILES string of the molecule is c1ccc(-c2cccc3cccc(-c4ccc(N(c5ccc(-c6cccc7ccccc67)c6ccccc56)c5cccc6c5sc5ccccc56)cc4)c23)cc1. The van der Waals surface area contributed by atoms with Crippen molar-refractivity contribution in [2.75, 3.05) is 4.90 Å². The second-order valence-corrected chi connectivity index (χ2v) is 15.5. The van der Waals surface area contributed by atoms with Crippen LogP contribution < -0.4 is 4.90 Å². The Bertz CT molecular complexity index is 3240. The molecule has 11 rings (SSSR count). The lowest BCUT2D eigenvalue weighted by atomic mass is 9.91. The minimum Gasteiger partial charge on any atom is -0.308 e. The van der Waals surface area contributed by atoms with Gasteiger partial charge in [-0.1, -0.05) is 182 Å². The van der Waals surface area contributed by atoms with Crippen LogP contribution >= 0.6 is 11.3 Å². The largest absolute Gasteiger partial charge is 0.308 e. The van der Waals surface area contributed by atoms with Crippen LogP contribution in [0.15, 0.2) is 212 Å². The smallest absolute Gasteiger partial charge is 0.0640 e. The highest BCUT2D eigenvalue weighted by Gasteiger charge is 2.22. The van der Waals surface area contributed by atoms with E-state index in [1.165, 1.54) is 91.6 Å². The molecule has 0 aliphatic carbocycles. The topological polar surface area (TPSA) is 3.24 Å². The fourth-order valence-electron chi connectivity index (χ4n) is 8.72. The maximum Gasteiger partial charge on any atom is 0.0640 e. The summed E-state index contributed by atoms with van der Waals surface area (Å²) >= 11 is 1.87. The van der Waals surface area contributed by atoms with E-state index < -0.39 is 0 Å². The summed E-state index contributed by atoms with van der Waals surface area (Å²) in [5.41, 5.74) is 10.8. The van der Waals surface area contributed by atoms with E-state index in [9.17, 15) is 0 Å². The molecule has 262 valence electrons. The van der Waals surface area contributed by atoms with Crippen LogP contribution in [-0.4, -0.2) is 0 Å². The van der Waals surface area contributed by atoms with Gasteiger partial charge in [0, 0.05) is 26.5 Å². The molecule has 0 unspecified atom stereocenters. The van der Waals surface area contributed by atoms with Crippen molar-refractivity contribution in [3.63, 3.8) is 0 Å². The molecule has 0 saturated heterocycles. The van der Waals surface area contributed by atoms with Crippen LogP contribution in [0, 0.1) is 0 Å². The minimum absolute atomic E-state index is 1.12. The summed E-state index contributed by atoms with van der Waals surface area (Å²) < 4.78 is 2.58. The Hall–Kier alpha value is -7.00. The first-order valence-electron chi connectivity index (χ1n) is 19.2. The molecule has 0 bridgehead atoms. The van der Waals surface area contributed by atoms with Crippen LogP contribution in [-0.2, 0) is 0 Å². The zero-order valence-corrected chi connectivity index (χ0v) is 31.4. The Morgan fingerprint density at radius 3 is 1.64 bits per heavy atom. The zero-order chi connectivity index (χ0) is 37.0. The summed E-state index contributed by atoms with van der Waals surface area (Å²) in [4.78, 5) is 2.48. The van der Waals surface area contributed by atoms with E-state index in [2.05, 4.69) is 217 Å². The molecule has 1 nitrogen and oxygen atoms in total. The van der Waals surface area contributed by atoms with Gasteiger partial charge in [-0.25, -0.2) is 0 Å². The molecule has 1 aromatic heterocycles. The number of hydrogen-bond acceptors (Lipinski definition) is 2. The molecular weight excluding hydrogens is 695 g/mol. The van der Waals surface area contributed by atoms with E-state index >= 15 is 0 Å². The van der Waals surface area contributed by atoms with Crippen molar-refractivity contribution in [2.45, 2.75) is 0 Å². The fourth-order valence-corrected chi connectivity index (χ4v) is 9.93. The summed E-state index contributed by atoms with van der Waals surface area (Å²) in [6, 6.07) is 77.7. The van der Waals surface area contributed by atoms with Gasteiger partial charge >= 0.3 is 0 Å². The van der Waals surface area contributed by atoms with Crippen molar-refractivity contribution in [1.29, 1.82) is 0 Å². The molecule has 1 heterocycles. The second kappa shape index (κ2) is 13.4. The highest BCUT2D eigenvalue weighted by Crippen LogP contribution is 2.48. The average Bonchev–Trinajstić information content (AvgIpc) is 3.66. The minimum atomic E-state index is 1.12. The Labute approximate surface area is 330 Å². The summed E-state index contributed by atoms with van der Waals surface area (Å²) in [6.07, 6.45) is 0. The van der Waals surface area contributed by atoms with E-state index in [1.54, 1.807) is 0 Å². The quantitative estimate of drug-likeness (QED) is 0.165. The van der Waals surface area contributed by atoms with Crippen molar-refractivity contribution < 1.29 is 0 Å². The average molecular weight is 730 g/mol. The van der Waals surface area contributed by atoms with E-state index in [-0.39, 0.29) is 0 Å². The number of nitrogens with zero attached hydrogens (tertiary/aromatic N) is 1. The Balaban J connectivity index is 1.13. The first-order valence-corrected chi connectivity index (χ1v) is 20.0. The van der Waals surface area contributed by atoms with Crippen molar-refractivity contribution >= 4 is 80.9 Å². The van der Waals surface area contributed by atoms with Gasteiger partial charge in [0.2, 0.25) is 0 Å². The summed E-state index contributed by atoms with van der Waals surface area (Å²) in [6.45, 7) is 0. The second-order valence-electron chi connectivity index (χ2n) is 14.4. The molecule has 0 aliphatic rings. The standard InChI is InChI=1S/C54H35NS/c1-2-14-37(15-3-1)42-24-11-18-39-19-12-25-43(53(39)42)38-30-32-40(33-31-38)55(51-28-13-27-49-48-23-8-9-29-52(48)56-54(49)51)50-35-34-46(45-21-6-7-22-47(45)50)44-26-10-17-36-16-4-5-20-41(36)44/h1-35H. The maximum absolute atomic E-state index is 2.48. The number of hydrogen-bond donors (Lipinski definition) is 0. The molecule has 10 aromatic carbocycles. The molecule has 56 heavy (non-hydrogen) atoms. The van der Waals surface area contributed by atoms with Crippen LogP contribution in [0.1, 0.15) is 0 Å². The van der Waals surface area contributed by atoms with Crippen LogP contribution in [0.4, 0.5) is 17.1 Å². The van der Waals surface area contributed by atoms with Crippen LogP contribution in [0.2, 0.25) is 0 Å². The van der Waals surface area contributed by atoms with Crippen molar-refractivity contribution in [1.82, 2.24) is 0 Å². The third-order valence-corrected chi connectivity index (χ3v) is 12.5. The van der Waals surface area contributed by atoms with Crippen LogP contribution in [0.25, 0.3) is 85.9 Å². The summed E-state index contributed by atoms with van der Waals surface area (Å²) in [5.74, 6) is 0. The maximum atomic E-state index is 2.48. The van der Waals surface area contributed by atoms with Crippen molar-refractivity contribution in [3.8, 4) is 33.4 Å². The molecule has 11 aromatic rings. The Morgan fingerprint density at radius 2 is 0.857 bits per heavy atom. The molecule has 0 spiro atoms. The Morgan fingerprint density at radius 1 is 0.304 bits per heavy atom. The van der Waals surface area contributed by atoms with E-state index in [4.69, 9.17) is 0 Å². The molecule has 0 aliphatic heterocycles. The predicted molar refractivity (Wildman–Crippen MR) is 243 cm³/mol. The summed E-state index contributed by atoms with van der Waals surface area (Å²) in [5, 5.41) is 10.0. The Kier molecular flexibility index (Phi) is 7.75. The molecule has 0 amide bonds. The molecule has 0 atom stereocenters. The normalized spacial score (nSPS) is 11.6. The van der Waals surface area contributed by atoms with Gasteiger partial charge in [0.15, 0.2) is 0 Å². The van der Waals surface area contributed by atoms with Gasteiger partial charge in [-0.15, -0.1) is 11.3 Å². The van der Waals surface area contributed by atoms with Gasteiger partial charge in [0.05, 0.1) is 16.1 Å². The van der Waals surface area contributed by atoms with E-state index in [0.29, 0.717) is 0 Å². The molecular formula is C54H35NS. The molecule has 0 radical (unpaired) electrons. The van der Waals surface area contributed by atoms with Gasteiger partial charge in [0.1, 0.15) is 0 Å². The first-order chi connectivity index (χ1) is 27.8. The number of thiophene rings is 1. The van der Waals surface area contributed by atoms with Crippen LogP contribution in [0.3, 0.4) is 0 Å². The molecule has 0 N–H and O–H groups in total. The molecule has 0 saturated carbocycles. The monoisotopic (exact) mass is 729 g/mol. The predicted octanol–water partition coefficient (Wildman–Crippen LogP) is 16.0. The number of benzene rings is 10. The third kappa shape index (κ3) is 5.30. The third-order valence-electron chi connectivity index (χ3n) is 11.3.